The van der Waals surface area contributed by atoms with E-state index in [1.807, 2.05) is 30.3 Å². The molecule has 0 atom stereocenters. The molecule has 4 heteroatoms. The van der Waals surface area contributed by atoms with E-state index in [2.05, 4.69) is 4.99 Å². The van der Waals surface area contributed by atoms with Gasteiger partial charge in [0, 0.05) is 6.54 Å². The largest absolute Gasteiger partial charge is 0.368 e. The minimum atomic E-state index is 0.0518. The van der Waals surface area contributed by atoms with E-state index in [1.54, 1.807) is 5.48 Å². The molecule has 0 aliphatic heterocycles. The molecule has 0 bridgehead atoms. The fourth-order valence-corrected chi connectivity index (χ4v) is 0.985. The van der Waals surface area contributed by atoms with Crippen molar-refractivity contribution >= 4 is 5.96 Å². The van der Waals surface area contributed by atoms with E-state index in [0.29, 0.717) is 6.54 Å². The number of hydrogen-bond acceptors (Lipinski definition) is 2. The van der Waals surface area contributed by atoms with Crippen LogP contribution in [-0.2, 0) is 6.42 Å². The molecule has 1 aromatic rings. The highest BCUT2D eigenvalue weighted by molar-refractivity contribution is 5.76. The second kappa shape index (κ2) is 5.16. The Labute approximate surface area is 77.1 Å². The molecule has 0 saturated heterocycles. The van der Waals surface area contributed by atoms with Crippen molar-refractivity contribution in [3.05, 3.63) is 35.9 Å². The van der Waals surface area contributed by atoms with Gasteiger partial charge < -0.3 is 5.73 Å². The van der Waals surface area contributed by atoms with Gasteiger partial charge in [-0.15, -0.1) is 0 Å². The van der Waals surface area contributed by atoms with Crippen LogP contribution in [0.2, 0.25) is 0 Å². The summed E-state index contributed by atoms with van der Waals surface area (Å²) < 4.78 is 0. The van der Waals surface area contributed by atoms with Gasteiger partial charge in [-0.1, -0.05) is 30.3 Å². The van der Waals surface area contributed by atoms with Gasteiger partial charge in [0.25, 0.3) is 0 Å². The number of aliphatic imine (C=N–C) groups is 1. The molecule has 70 valence electrons. The predicted molar refractivity (Wildman–Crippen MR) is 51.6 cm³/mol. The lowest BCUT2D eigenvalue weighted by molar-refractivity contribution is 0.232. The van der Waals surface area contributed by atoms with E-state index >= 15 is 0 Å². The van der Waals surface area contributed by atoms with Crippen molar-refractivity contribution in [3.8, 4) is 0 Å². The van der Waals surface area contributed by atoms with E-state index in [4.69, 9.17) is 10.9 Å². The van der Waals surface area contributed by atoms with Crippen LogP contribution in [0.5, 0.6) is 0 Å². The van der Waals surface area contributed by atoms with Gasteiger partial charge in [0.05, 0.1) is 0 Å². The SMILES string of the molecule is NC(=NCCc1ccccc1)NO. The third-order valence-electron chi connectivity index (χ3n) is 1.64. The second-order valence-electron chi connectivity index (χ2n) is 2.61. The zero-order chi connectivity index (χ0) is 9.52. The summed E-state index contributed by atoms with van der Waals surface area (Å²) in [6.45, 7) is 0.573. The molecule has 0 amide bonds. The van der Waals surface area contributed by atoms with E-state index < -0.39 is 0 Å². The van der Waals surface area contributed by atoms with Crippen LogP contribution in [0.1, 0.15) is 5.56 Å². The number of nitrogens with two attached hydrogens (primary N) is 1. The monoisotopic (exact) mass is 179 g/mol. The lowest BCUT2D eigenvalue weighted by atomic mass is 10.2. The maximum absolute atomic E-state index is 8.33. The minimum absolute atomic E-state index is 0.0518. The van der Waals surface area contributed by atoms with E-state index in [0.717, 1.165) is 6.42 Å². The molecular formula is C9H13N3O. The average Bonchev–Trinajstić information content (AvgIpc) is 2.19. The first-order valence-electron chi connectivity index (χ1n) is 4.07. The number of nitrogens with one attached hydrogen (secondary N) is 1. The van der Waals surface area contributed by atoms with Gasteiger partial charge in [0.1, 0.15) is 0 Å². The number of nitrogens with zero attached hydrogens (tertiary/aromatic N) is 1. The molecule has 0 spiro atoms. The molecule has 4 N–H and O–H groups in total. The Morgan fingerprint density at radius 1 is 1.38 bits per heavy atom. The lowest BCUT2D eigenvalue weighted by Crippen LogP contribution is -2.28. The first kappa shape index (κ1) is 9.54. The molecule has 0 aromatic heterocycles. The predicted octanol–water partition coefficient (Wildman–Crippen LogP) is 0.523. The Kier molecular flexibility index (Phi) is 3.78. The molecule has 0 heterocycles. The van der Waals surface area contributed by atoms with Crippen molar-refractivity contribution in [2.75, 3.05) is 6.54 Å². The molecule has 13 heavy (non-hydrogen) atoms. The number of benzene rings is 1. The Hall–Kier alpha value is -1.55. The standard InChI is InChI=1S/C9H13N3O/c10-9(12-13)11-7-6-8-4-2-1-3-5-8/h1-5,13H,6-7H2,(H3,10,11,12). The summed E-state index contributed by atoms with van der Waals surface area (Å²) in [5, 5.41) is 8.33. The van der Waals surface area contributed by atoms with Crippen molar-refractivity contribution < 1.29 is 5.21 Å². The van der Waals surface area contributed by atoms with Gasteiger partial charge >= 0.3 is 0 Å². The zero-order valence-corrected chi connectivity index (χ0v) is 7.27. The minimum Gasteiger partial charge on any atom is -0.368 e. The van der Waals surface area contributed by atoms with Crippen LogP contribution in [-0.4, -0.2) is 17.7 Å². The maximum atomic E-state index is 8.33. The molecule has 0 aliphatic carbocycles. The number of guanidine groups is 1. The van der Waals surface area contributed by atoms with Crippen LogP contribution in [0.4, 0.5) is 0 Å². The van der Waals surface area contributed by atoms with Gasteiger partial charge in [-0.2, -0.15) is 0 Å². The molecule has 0 unspecified atom stereocenters. The van der Waals surface area contributed by atoms with Crippen molar-refractivity contribution in [3.63, 3.8) is 0 Å². The highest BCUT2D eigenvalue weighted by atomic mass is 16.5. The third kappa shape index (κ3) is 3.57. The maximum Gasteiger partial charge on any atom is 0.212 e. The summed E-state index contributed by atoms with van der Waals surface area (Å²) in [5.41, 5.74) is 8.21. The smallest absolute Gasteiger partial charge is 0.212 e. The molecule has 0 aliphatic rings. The van der Waals surface area contributed by atoms with Gasteiger partial charge in [0.2, 0.25) is 5.96 Å². The fourth-order valence-electron chi connectivity index (χ4n) is 0.985. The van der Waals surface area contributed by atoms with Crippen molar-refractivity contribution in [1.29, 1.82) is 0 Å². The van der Waals surface area contributed by atoms with Gasteiger partial charge in [0.15, 0.2) is 0 Å². The topological polar surface area (TPSA) is 70.6 Å². The molecule has 0 radical (unpaired) electrons. The van der Waals surface area contributed by atoms with Crippen LogP contribution < -0.4 is 11.2 Å². The first-order valence-corrected chi connectivity index (χ1v) is 4.07. The van der Waals surface area contributed by atoms with E-state index in [9.17, 15) is 0 Å². The number of hydroxylamine groups is 1. The summed E-state index contributed by atoms with van der Waals surface area (Å²) in [6, 6.07) is 9.98. The first-order chi connectivity index (χ1) is 6.33. The normalized spacial score (nSPS) is 11.3. The fraction of sp³-hybridized carbons (Fsp3) is 0.222. The Morgan fingerprint density at radius 3 is 2.69 bits per heavy atom. The van der Waals surface area contributed by atoms with E-state index in [1.165, 1.54) is 5.56 Å². The van der Waals surface area contributed by atoms with Gasteiger partial charge in [-0.25, -0.2) is 5.48 Å². The highest BCUT2D eigenvalue weighted by Gasteiger charge is 1.90. The second-order valence-corrected chi connectivity index (χ2v) is 2.61. The average molecular weight is 179 g/mol. The lowest BCUT2D eigenvalue weighted by Gasteiger charge is -1.98. The molecule has 0 saturated carbocycles. The van der Waals surface area contributed by atoms with Gasteiger partial charge in [-0.05, 0) is 12.0 Å². The van der Waals surface area contributed by atoms with Crippen LogP contribution >= 0.6 is 0 Å². The van der Waals surface area contributed by atoms with Crippen LogP contribution in [0.15, 0.2) is 35.3 Å². The molecule has 1 aromatic carbocycles. The summed E-state index contributed by atoms with van der Waals surface area (Å²) >= 11 is 0. The van der Waals surface area contributed by atoms with Crippen LogP contribution in [0.3, 0.4) is 0 Å². The summed E-state index contributed by atoms with van der Waals surface area (Å²) in [4.78, 5) is 3.87. The summed E-state index contributed by atoms with van der Waals surface area (Å²) in [7, 11) is 0. The van der Waals surface area contributed by atoms with Crippen molar-refractivity contribution in [1.82, 2.24) is 5.48 Å². The number of rotatable bonds is 3. The van der Waals surface area contributed by atoms with E-state index in [-0.39, 0.29) is 5.96 Å². The third-order valence-corrected chi connectivity index (χ3v) is 1.64. The summed E-state index contributed by atoms with van der Waals surface area (Å²) in [6.07, 6.45) is 0.823. The molecular weight excluding hydrogens is 166 g/mol. The quantitative estimate of drug-likeness (QED) is 0.360. The van der Waals surface area contributed by atoms with Crippen LogP contribution in [0, 0.1) is 0 Å². The highest BCUT2D eigenvalue weighted by Crippen LogP contribution is 1.98. The number of hydrogen-bond donors (Lipinski definition) is 3. The van der Waals surface area contributed by atoms with Crippen LogP contribution in [0.25, 0.3) is 0 Å². The Bertz CT molecular complexity index is 271. The summed E-state index contributed by atoms with van der Waals surface area (Å²) in [5.74, 6) is 0.0518. The Balaban J connectivity index is 2.36. The molecule has 0 fully saturated rings. The van der Waals surface area contributed by atoms with Gasteiger partial charge in [-0.3, -0.25) is 10.2 Å². The Morgan fingerprint density at radius 2 is 2.08 bits per heavy atom. The molecule has 4 nitrogen and oxygen atoms in total. The van der Waals surface area contributed by atoms with Crippen molar-refractivity contribution in [2.24, 2.45) is 10.7 Å². The molecule has 1 rings (SSSR count). The van der Waals surface area contributed by atoms with Crippen molar-refractivity contribution in [2.45, 2.75) is 6.42 Å². The zero-order valence-electron chi connectivity index (χ0n) is 7.27.